The maximum absolute atomic E-state index is 12.8. The lowest BCUT2D eigenvalue weighted by Gasteiger charge is -2.41. The molecule has 140 valence electrons. The first-order valence-corrected chi connectivity index (χ1v) is 10.9. The molecule has 0 amide bonds. The van der Waals surface area contributed by atoms with Crippen LogP contribution in [0.3, 0.4) is 0 Å². The van der Waals surface area contributed by atoms with Crippen molar-refractivity contribution in [1.82, 2.24) is 4.72 Å². The van der Waals surface area contributed by atoms with Gasteiger partial charge >= 0.3 is 0 Å². The monoisotopic (exact) mass is 393 g/mol. The van der Waals surface area contributed by atoms with Gasteiger partial charge in [-0.15, -0.1) is 0 Å². The number of sulfonamides is 1. The molecule has 0 bridgehead atoms. The van der Waals surface area contributed by atoms with Crippen molar-refractivity contribution in [3.63, 3.8) is 0 Å². The molecule has 0 radical (unpaired) electrons. The van der Waals surface area contributed by atoms with Gasteiger partial charge in [0.2, 0.25) is 10.0 Å². The van der Waals surface area contributed by atoms with Crippen LogP contribution in [-0.2, 0) is 15.8 Å². The minimum absolute atomic E-state index is 0.141. The van der Waals surface area contributed by atoms with Crippen molar-refractivity contribution in [2.45, 2.75) is 50.5 Å². The zero-order valence-corrected chi connectivity index (χ0v) is 16.6. The van der Waals surface area contributed by atoms with E-state index < -0.39 is 10.0 Å². The standard InChI is InChI=1S/C20H24ClNO3S/c1-3-20(4-2)13-18(16-10-6-8-12-19(16)25-20)22-26(23,24)14-15-9-5-7-11-17(15)21/h5-12,18,22H,3-4,13-14H2,1-2H3/t18-/m0/s1. The van der Waals surface area contributed by atoms with E-state index in [-0.39, 0.29) is 17.4 Å². The molecule has 0 aromatic heterocycles. The second kappa shape index (κ2) is 7.59. The minimum atomic E-state index is -3.56. The number of hydrogen-bond acceptors (Lipinski definition) is 3. The van der Waals surface area contributed by atoms with Gasteiger partial charge in [-0.05, 0) is 30.5 Å². The molecular formula is C20H24ClNO3S. The van der Waals surface area contributed by atoms with Gasteiger partial charge in [-0.1, -0.05) is 61.8 Å². The first-order valence-electron chi connectivity index (χ1n) is 8.89. The Labute approximate surface area is 160 Å². The molecule has 0 saturated carbocycles. The first-order chi connectivity index (χ1) is 12.4. The lowest BCUT2D eigenvalue weighted by atomic mass is 9.84. The summed E-state index contributed by atoms with van der Waals surface area (Å²) in [6, 6.07) is 14.4. The van der Waals surface area contributed by atoms with Crippen molar-refractivity contribution < 1.29 is 13.2 Å². The molecule has 1 heterocycles. The predicted molar refractivity (Wildman–Crippen MR) is 105 cm³/mol. The van der Waals surface area contributed by atoms with Gasteiger partial charge in [0.05, 0.1) is 11.8 Å². The van der Waals surface area contributed by atoms with Crippen LogP contribution in [0.15, 0.2) is 48.5 Å². The molecule has 1 N–H and O–H groups in total. The van der Waals surface area contributed by atoms with E-state index in [0.29, 0.717) is 17.0 Å². The largest absolute Gasteiger partial charge is 0.487 e. The average Bonchev–Trinajstić information content (AvgIpc) is 2.63. The van der Waals surface area contributed by atoms with E-state index in [2.05, 4.69) is 18.6 Å². The van der Waals surface area contributed by atoms with Crippen molar-refractivity contribution in [2.75, 3.05) is 0 Å². The maximum Gasteiger partial charge on any atom is 0.216 e. The fourth-order valence-corrected chi connectivity index (χ4v) is 5.16. The summed E-state index contributed by atoms with van der Waals surface area (Å²) in [6.07, 6.45) is 2.25. The molecule has 1 aliphatic rings. The molecule has 3 rings (SSSR count). The van der Waals surface area contributed by atoms with Crippen LogP contribution in [0.1, 0.15) is 50.3 Å². The van der Waals surface area contributed by atoms with Crippen LogP contribution in [0.5, 0.6) is 5.75 Å². The highest BCUT2D eigenvalue weighted by molar-refractivity contribution is 7.88. The second-order valence-corrected chi connectivity index (χ2v) is 8.92. The summed E-state index contributed by atoms with van der Waals surface area (Å²) in [5.41, 5.74) is 1.12. The number of ether oxygens (including phenoxy) is 1. The van der Waals surface area contributed by atoms with Crippen LogP contribution in [0.4, 0.5) is 0 Å². The van der Waals surface area contributed by atoms with Crippen molar-refractivity contribution >= 4 is 21.6 Å². The van der Waals surface area contributed by atoms with Crippen LogP contribution < -0.4 is 9.46 Å². The highest BCUT2D eigenvalue weighted by atomic mass is 35.5. The average molecular weight is 394 g/mol. The molecule has 6 heteroatoms. The molecule has 1 aliphatic heterocycles. The Bertz CT molecular complexity index is 878. The summed E-state index contributed by atoms with van der Waals surface area (Å²) < 4.78 is 34.7. The van der Waals surface area contributed by atoms with Gasteiger partial charge in [0, 0.05) is 17.0 Å². The Balaban J connectivity index is 1.89. The fraction of sp³-hybridized carbons (Fsp3) is 0.400. The molecule has 0 saturated heterocycles. The van der Waals surface area contributed by atoms with E-state index in [1.165, 1.54) is 0 Å². The Kier molecular flexibility index (Phi) is 5.61. The predicted octanol–water partition coefficient (Wildman–Crippen LogP) is 4.84. The van der Waals surface area contributed by atoms with Gasteiger partial charge in [0.15, 0.2) is 0 Å². The van der Waals surface area contributed by atoms with Crippen LogP contribution in [0, 0.1) is 0 Å². The van der Waals surface area contributed by atoms with Crippen molar-refractivity contribution in [1.29, 1.82) is 0 Å². The second-order valence-electron chi connectivity index (χ2n) is 6.76. The van der Waals surface area contributed by atoms with E-state index in [4.69, 9.17) is 16.3 Å². The van der Waals surface area contributed by atoms with E-state index in [1.807, 2.05) is 24.3 Å². The van der Waals surface area contributed by atoms with E-state index >= 15 is 0 Å². The zero-order chi connectivity index (χ0) is 18.8. The number of para-hydroxylation sites is 1. The zero-order valence-electron chi connectivity index (χ0n) is 15.0. The normalized spacial score (nSPS) is 18.8. The first kappa shape index (κ1) is 19.2. The number of rotatable bonds is 6. The van der Waals surface area contributed by atoms with Gasteiger partial charge in [0.1, 0.15) is 11.4 Å². The maximum atomic E-state index is 12.8. The Hall–Kier alpha value is -1.56. The fourth-order valence-electron chi connectivity index (χ4n) is 3.48. The number of halogens is 1. The van der Waals surface area contributed by atoms with Gasteiger partial charge in [0.25, 0.3) is 0 Å². The summed E-state index contributed by atoms with van der Waals surface area (Å²) in [6.45, 7) is 4.15. The molecule has 1 atom stereocenters. The SMILES string of the molecule is CCC1(CC)C[C@H](NS(=O)(=O)Cc2ccccc2Cl)c2ccccc2O1. The summed E-state index contributed by atoms with van der Waals surface area (Å²) in [7, 11) is -3.56. The van der Waals surface area contributed by atoms with Gasteiger partial charge in [-0.25, -0.2) is 13.1 Å². The number of nitrogens with one attached hydrogen (secondary N) is 1. The number of hydrogen-bond donors (Lipinski definition) is 1. The van der Waals surface area contributed by atoms with Crippen molar-refractivity contribution in [2.24, 2.45) is 0 Å². The van der Waals surface area contributed by atoms with Crippen molar-refractivity contribution in [3.8, 4) is 5.75 Å². The van der Waals surface area contributed by atoms with Crippen LogP contribution in [0.2, 0.25) is 5.02 Å². The third kappa shape index (κ3) is 4.05. The lowest BCUT2D eigenvalue weighted by Crippen LogP contribution is -2.44. The molecule has 26 heavy (non-hydrogen) atoms. The minimum Gasteiger partial charge on any atom is -0.487 e. The molecule has 0 spiro atoms. The molecule has 0 fully saturated rings. The summed E-state index contributed by atoms with van der Waals surface area (Å²) in [5, 5.41) is 0.460. The molecule has 4 nitrogen and oxygen atoms in total. The van der Waals surface area contributed by atoms with Crippen molar-refractivity contribution in [3.05, 3.63) is 64.7 Å². The topological polar surface area (TPSA) is 55.4 Å². The number of fused-ring (bicyclic) bond motifs is 1. The third-order valence-corrected chi connectivity index (χ3v) is 6.81. The highest BCUT2D eigenvalue weighted by Gasteiger charge is 2.39. The van der Waals surface area contributed by atoms with Gasteiger partial charge in [-0.3, -0.25) is 0 Å². The summed E-state index contributed by atoms with van der Waals surface area (Å²) in [4.78, 5) is 0. The smallest absolute Gasteiger partial charge is 0.216 e. The summed E-state index contributed by atoms with van der Waals surface area (Å²) in [5.74, 6) is 0.616. The molecule has 2 aromatic carbocycles. The highest BCUT2D eigenvalue weighted by Crippen LogP contribution is 2.43. The Morgan fingerprint density at radius 3 is 2.46 bits per heavy atom. The van der Waals surface area contributed by atoms with Crippen LogP contribution in [-0.4, -0.2) is 14.0 Å². The van der Waals surface area contributed by atoms with Crippen LogP contribution in [0.25, 0.3) is 0 Å². The molecule has 0 unspecified atom stereocenters. The third-order valence-electron chi connectivity index (χ3n) is 5.11. The lowest BCUT2D eigenvalue weighted by molar-refractivity contribution is 0.0260. The Morgan fingerprint density at radius 1 is 1.12 bits per heavy atom. The van der Waals surface area contributed by atoms with E-state index in [9.17, 15) is 8.42 Å². The van der Waals surface area contributed by atoms with E-state index in [0.717, 1.165) is 24.2 Å². The van der Waals surface area contributed by atoms with Gasteiger partial charge < -0.3 is 4.74 Å². The molecule has 2 aromatic rings. The Morgan fingerprint density at radius 2 is 1.77 bits per heavy atom. The number of benzene rings is 2. The molecular weight excluding hydrogens is 370 g/mol. The summed E-state index contributed by atoms with van der Waals surface area (Å²) >= 11 is 6.13. The van der Waals surface area contributed by atoms with E-state index in [1.54, 1.807) is 24.3 Å². The molecule has 0 aliphatic carbocycles. The quantitative estimate of drug-likeness (QED) is 0.763. The van der Waals surface area contributed by atoms with Gasteiger partial charge in [-0.2, -0.15) is 0 Å². The van der Waals surface area contributed by atoms with Crippen LogP contribution >= 0.6 is 11.6 Å².